The number of imidazole rings is 1. The van der Waals surface area contributed by atoms with E-state index < -0.39 is 0 Å². The van der Waals surface area contributed by atoms with Gasteiger partial charge >= 0.3 is 0 Å². The Morgan fingerprint density at radius 2 is 2.03 bits per heavy atom. The Balaban J connectivity index is 0.00000256. The molecule has 2 fully saturated rings. The van der Waals surface area contributed by atoms with Crippen LogP contribution < -0.4 is 5.32 Å². The Bertz CT molecular complexity index is 792. The molecule has 2 aliphatic rings. The van der Waals surface area contributed by atoms with Gasteiger partial charge in [-0.1, -0.05) is 30.3 Å². The Hall–Kier alpha value is -1.65. The molecule has 0 aliphatic carbocycles. The molecular formula is C22H32IN5O2. The van der Waals surface area contributed by atoms with E-state index in [2.05, 4.69) is 55.1 Å². The van der Waals surface area contributed by atoms with Crippen molar-refractivity contribution in [2.24, 2.45) is 4.99 Å². The molecule has 164 valence electrons. The summed E-state index contributed by atoms with van der Waals surface area (Å²) in [7, 11) is 1.83. The Labute approximate surface area is 195 Å². The summed E-state index contributed by atoms with van der Waals surface area (Å²) in [6.07, 6.45) is 7.46. The smallest absolute Gasteiger partial charge is 0.194 e. The summed E-state index contributed by atoms with van der Waals surface area (Å²) in [5.41, 5.74) is 1.34. The number of hydrogen-bond donors (Lipinski definition) is 1. The first kappa shape index (κ1) is 23.0. The molecule has 0 amide bonds. The highest BCUT2D eigenvalue weighted by Crippen LogP contribution is 2.21. The first-order valence-electron chi connectivity index (χ1n) is 10.6. The summed E-state index contributed by atoms with van der Waals surface area (Å²) in [5.74, 6) is 1.92. The standard InChI is InChI=1S/C22H31N5O2.HI/c1-23-22(27-13-15-29-20(17-27)19-8-5-14-28-19)25-16-21-24-10-12-26(21)11-9-18-6-3-2-4-7-18;/h2-4,6-7,10,12,19-20H,5,8-9,11,13-17H2,1H3,(H,23,25);1H. The van der Waals surface area contributed by atoms with Crippen molar-refractivity contribution < 1.29 is 9.47 Å². The van der Waals surface area contributed by atoms with Crippen LogP contribution in [0.2, 0.25) is 0 Å². The third-order valence-electron chi connectivity index (χ3n) is 5.67. The van der Waals surface area contributed by atoms with E-state index in [4.69, 9.17) is 9.47 Å². The van der Waals surface area contributed by atoms with Crippen molar-refractivity contribution in [2.45, 2.75) is 44.6 Å². The maximum absolute atomic E-state index is 5.96. The highest BCUT2D eigenvalue weighted by atomic mass is 127. The van der Waals surface area contributed by atoms with Gasteiger partial charge in [0.1, 0.15) is 11.9 Å². The molecule has 2 atom stereocenters. The van der Waals surface area contributed by atoms with E-state index in [1.165, 1.54) is 5.56 Å². The summed E-state index contributed by atoms with van der Waals surface area (Å²) in [6, 6.07) is 10.6. The number of aliphatic imine (C=N–C) groups is 1. The zero-order chi connectivity index (χ0) is 19.9. The lowest BCUT2D eigenvalue weighted by Crippen LogP contribution is -2.53. The number of aryl methyl sites for hydroxylation is 2. The number of morpholine rings is 1. The van der Waals surface area contributed by atoms with E-state index in [1.54, 1.807) is 0 Å². The van der Waals surface area contributed by atoms with Gasteiger partial charge < -0.3 is 24.3 Å². The normalized spacial score (nSPS) is 22.0. The predicted molar refractivity (Wildman–Crippen MR) is 128 cm³/mol. The van der Waals surface area contributed by atoms with E-state index >= 15 is 0 Å². The van der Waals surface area contributed by atoms with Gasteiger partial charge in [0.05, 0.1) is 19.3 Å². The number of ether oxygens (including phenoxy) is 2. The monoisotopic (exact) mass is 525 g/mol. The van der Waals surface area contributed by atoms with Crippen molar-refractivity contribution >= 4 is 29.9 Å². The molecule has 1 aromatic heterocycles. The molecule has 2 unspecified atom stereocenters. The van der Waals surface area contributed by atoms with Gasteiger partial charge in [0.2, 0.25) is 0 Å². The molecule has 30 heavy (non-hydrogen) atoms. The fraction of sp³-hybridized carbons (Fsp3) is 0.545. The molecule has 3 heterocycles. The van der Waals surface area contributed by atoms with E-state index in [9.17, 15) is 0 Å². The van der Waals surface area contributed by atoms with Crippen LogP contribution in [0, 0.1) is 0 Å². The SMILES string of the molecule is CN=C(NCc1nccn1CCc1ccccc1)N1CCOC(C2CCCO2)C1.I. The minimum atomic E-state index is 0. The summed E-state index contributed by atoms with van der Waals surface area (Å²) >= 11 is 0. The summed E-state index contributed by atoms with van der Waals surface area (Å²) in [6.45, 7) is 4.77. The maximum Gasteiger partial charge on any atom is 0.194 e. The number of halogens is 1. The molecule has 0 radical (unpaired) electrons. The van der Waals surface area contributed by atoms with Gasteiger partial charge in [0.25, 0.3) is 0 Å². The number of aromatic nitrogens is 2. The first-order chi connectivity index (χ1) is 14.3. The topological polar surface area (TPSA) is 63.9 Å². The maximum atomic E-state index is 5.96. The zero-order valence-electron chi connectivity index (χ0n) is 17.6. The number of benzene rings is 1. The van der Waals surface area contributed by atoms with Crippen molar-refractivity contribution in [1.82, 2.24) is 19.8 Å². The quantitative estimate of drug-likeness (QED) is 0.357. The fourth-order valence-electron chi connectivity index (χ4n) is 4.08. The van der Waals surface area contributed by atoms with Crippen LogP contribution in [0.15, 0.2) is 47.7 Å². The van der Waals surface area contributed by atoms with Gasteiger partial charge in [-0.2, -0.15) is 0 Å². The summed E-state index contributed by atoms with van der Waals surface area (Å²) in [4.78, 5) is 11.3. The van der Waals surface area contributed by atoms with Crippen LogP contribution in [0.25, 0.3) is 0 Å². The fourth-order valence-corrected chi connectivity index (χ4v) is 4.08. The lowest BCUT2D eigenvalue weighted by atomic mass is 10.1. The molecule has 4 rings (SSSR count). The van der Waals surface area contributed by atoms with Gasteiger partial charge in [0.15, 0.2) is 5.96 Å². The average molecular weight is 525 g/mol. The Kier molecular flexibility index (Phi) is 8.95. The van der Waals surface area contributed by atoms with Gasteiger partial charge in [-0.25, -0.2) is 4.98 Å². The number of guanidine groups is 1. The lowest BCUT2D eigenvalue weighted by Gasteiger charge is -2.37. The van der Waals surface area contributed by atoms with Crippen molar-refractivity contribution in [2.75, 3.05) is 33.4 Å². The average Bonchev–Trinajstić information content (AvgIpc) is 3.46. The van der Waals surface area contributed by atoms with Crippen LogP contribution in [0.4, 0.5) is 0 Å². The molecule has 2 saturated heterocycles. The molecule has 0 saturated carbocycles. The number of hydrogen-bond acceptors (Lipinski definition) is 4. The van der Waals surface area contributed by atoms with Crippen LogP contribution in [-0.2, 0) is 29.0 Å². The molecule has 8 heteroatoms. The first-order valence-corrected chi connectivity index (χ1v) is 10.6. The lowest BCUT2D eigenvalue weighted by molar-refractivity contribution is -0.0817. The number of nitrogens with zero attached hydrogens (tertiary/aromatic N) is 4. The van der Waals surface area contributed by atoms with E-state index in [0.717, 1.165) is 57.3 Å². The van der Waals surface area contributed by atoms with Gasteiger partial charge in [-0.05, 0) is 24.8 Å². The van der Waals surface area contributed by atoms with Gasteiger partial charge in [-0.3, -0.25) is 4.99 Å². The van der Waals surface area contributed by atoms with E-state index in [1.807, 2.05) is 19.4 Å². The molecular weight excluding hydrogens is 493 g/mol. The Morgan fingerprint density at radius 1 is 1.20 bits per heavy atom. The highest BCUT2D eigenvalue weighted by molar-refractivity contribution is 14.0. The second-order valence-corrected chi connectivity index (χ2v) is 7.58. The van der Waals surface area contributed by atoms with Crippen LogP contribution >= 0.6 is 24.0 Å². The third kappa shape index (κ3) is 5.95. The molecule has 1 aromatic carbocycles. The number of nitrogens with one attached hydrogen (secondary N) is 1. The third-order valence-corrected chi connectivity index (χ3v) is 5.67. The van der Waals surface area contributed by atoms with E-state index in [0.29, 0.717) is 13.2 Å². The minimum Gasteiger partial charge on any atom is -0.375 e. The Morgan fingerprint density at radius 3 is 2.80 bits per heavy atom. The predicted octanol–water partition coefficient (Wildman–Crippen LogP) is 2.70. The van der Waals surface area contributed by atoms with Crippen molar-refractivity contribution in [3.8, 4) is 0 Å². The molecule has 2 aliphatic heterocycles. The van der Waals surface area contributed by atoms with Crippen LogP contribution in [0.3, 0.4) is 0 Å². The highest BCUT2D eigenvalue weighted by Gasteiger charge is 2.32. The van der Waals surface area contributed by atoms with Crippen molar-refractivity contribution in [3.05, 3.63) is 54.1 Å². The molecule has 7 nitrogen and oxygen atoms in total. The largest absolute Gasteiger partial charge is 0.375 e. The molecule has 2 aromatic rings. The number of rotatable bonds is 6. The van der Waals surface area contributed by atoms with Crippen LogP contribution in [0.5, 0.6) is 0 Å². The second kappa shape index (κ2) is 11.7. The minimum absolute atomic E-state index is 0. The van der Waals surface area contributed by atoms with Crippen molar-refractivity contribution in [3.63, 3.8) is 0 Å². The molecule has 0 spiro atoms. The van der Waals surface area contributed by atoms with E-state index in [-0.39, 0.29) is 36.2 Å². The zero-order valence-corrected chi connectivity index (χ0v) is 19.9. The summed E-state index contributed by atoms with van der Waals surface area (Å²) < 4.78 is 14.0. The van der Waals surface area contributed by atoms with Gasteiger partial charge in [0, 0.05) is 45.7 Å². The van der Waals surface area contributed by atoms with Gasteiger partial charge in [-0.15, -0.1) is 24.0 Å². The molecule has 1 N–H and O–H groups in total. The summed E-state index contributed by atoms with van der Waals surface area (Å²) in [5, 5.41) is 3.49. The van der Waals surface area contributed by atoms with Crippen LogP contribution in [-0.4, -0.2) is 66.0 Å². The van der Waals surface area contributed by atoms with Crippen molar-refractivity contribution in [1.29, 1.82) is 0 Å². The van der Waals surface area contributed by atoms with Crippen LogP contribution in [0.1, 0.15) is 24.2 Å². The molecule has 0 bridgehead atoms. The second-order valence-electron chi connectivity index (χ2n) is 7.58.